The van der Waals surface area contributed by atoms with Gasteiger partial charge >= 0.3 is 0 Å². The second-order valence-corrected chi connectivity index (χ2v) is 7.40. The number of hydrogen-bond acceptors (Lipinski definition) is 5. The number of pyridine rings is 1. The van der Waals surface area contributed by atoms with Gasteiger partial charge in [-0.2, -0.15) is 0 Å². The van der Waals surface area contributed by atoms with Gasteiger partial charge in [-0.25, -0.2) is 4.98 Å². The van der Waals surface area contributed by atoms with Crippen LogP contribution in [0.2, 0.25) is 0 Å². The molecule has 0 saturated carbocycles. The highest BCUT2D eigenvalue weighted by molar-refractivity contribution is 6.21. The number of imide groups is 1. The molecular weight excluding hydrogens is 370 g/mol. The summed E-state index contributed by atoms with van der Waals surface area (Å²) in [5, 5.41) is 0. The van der Waals surface area contributed by atoms with Crippen LogP contribution in [-0.2, 0) is 4.79 Å². The first kappa shape index (κ1) is 19.1. The van der Waals surface area contributed by atoms with Gasteiger partial charge in [-0.15, -0.1) is 0 Å². The number of ether oxygens (including phenoxy) is 1. The molecule has 29 heavy (non-hydrogen) atoms. The van der Waals surface area contributed by atoms with Crippen molar-refractivity contribution in [2.24, 2.45) is 0 Å². The number of hydrogen-bond donors (Lipinski definition) is 0. The Morgan fingerprint density at radius 2 is 1.83 bits per heavy atom. The van der Waals surface area contributed by atoms with E-state index in [1.54, 1.807) is 29.2 Å². The largest absolute Gasteiger partial charge is 0.472 e. The van der Waals surface area contributed by atoms with Crippen LogP contribution in [0.15, 0.2) is 42.5 Å². The van der Waals surface area contributed by atoms with E-state index in [2.05, 4.69) is 4.98 Å². The summed E-state index contributed by atoms with van der Waals surface area (Å²) in [6, 6.07) is 12.4. The maximum Gasteiger partial charge on any atom is 0.261 e. The van der Waals surface area contributed by atoms with Crippen LogP contribution in [-0.4, -0.2) is 58.2 Å². The maximum atomic E-state index is 12.5. The topological polar surface area (TPSA) is 79.8 Å². The van der Waals surface area contributed by atoms with Crippen molar-refractivity contribution in [3.05, 3.63) is 59.3 Å². The molecule has 0 radical (unpaired) electrons. The van der Waals surface area contributed by atoms with Crippen molar-refractivity contribution in [1.82, 2.24) is 14.8 Å². The summed E-state index contributed by atoms with van der Waals surface area (Å²) in [6.45, 7) is 3.33. The molecule has 150 valence electrons. The van der Waals surface area contributed by atoms with E-state index in [-0.39, 0.29) is 30.4 Å². The summed E-state index contributed by atoms with van der Waals surface area (Å²) in [7, 11) is 0. The zero-order valence-corrected chi connectivity index (χ0v) is 16.3. The lowest BCUT2D eigenvalue weighted by Gasteiger charge is -2.18. The smallest absolute Gasteiger partial charge is 0.261 e. The van der Waals surface area contributed by atoms with Crippen molar-refractivity contribution in [3.63, 3.8) is 0 Å². The van der Waals surface area contributed by atoms with Gasteiger partial charge < -0.3 is 9.64 Å². The molecule has 7 nitrogen and oxygen atoms in total. The zero-order valence-electron chi connectivity index (χ0n) is 16.3. The number of carbonyl (C=O) groups excluding carboxylic acids is 3. The predicted molar refractivity (Wildman–Crippen MR) is 106 cm³/mol. The predicted octanol–water partition coefficient (Wildman–Crippen LogP) is 2.45. The van der Waals surface area contributed by atoms with Crippen LogP contribution < -0.4 is 4.74 Å². The van der Waals surface area contributed by atoms with E-state index < -0.39 is 0 Å². The molecule has 3 heterocycles. The molecule has 2 aliphatic rings. The van der Waals surface area contributed by atoms with Gasteiger partial charge in [-0.05, 0) is 31.5 Å². The molecule has 0 aliphatic carbocycles. The molecule has 0 spiro atoms. The number of rotatable bonds is 6. The van der Waals surface area contributed by atoms with Crippen molar-refractivity contribution in [2.45, 2.75) is 32.3 Å². The fourth-order valence-electron chi connectivity index (χ4n) is 3.79. The number of aromatic nitrogens is 1. The molecule has 4 rings (SSSR count). The van der Waals surface area contributed by atoms with Crippen LogP contribution in [0.1, 0.15) is 45.7 Å². The van der Waals surface area contributed by atoms with Crippen LogP contribution in [0, 0.1) is 6.92 Å². The van der Waals surface area contributed by atoms with Gasteiger partial charge in [0.05, 0.1) is 17.7 Å². The number of benzene rings is 1. The summed E-state index contributed by atoms with van der Waals surface area (Å²) in [4.78, 5) is 44.6. The van der Waals surface area contributed by atoms with E-state index in [1.165, 1.54) is 4.90 Å². The average molecular weight is 393 g/mol. The Bertz CT molecular complexity index is 924. The zero-order chi connectivity index (χ0) is 20.4. The van der Waals surface area contributed by atoms with E-state index in [1.807, 2.05) is 25.1 Å². The Kier molecular flexibility index (Phi) is 5.29. The second kappa shape index (κ2) is 8.03. The summed E-state index contributed by atoms with van der Waals surface area (Å²) in [6.07, 6.45) is 1.44. The Morgan fingerprint density at radius 3 is 2.52 bits per heavy atom. The van der Waals surface area contributed by atoms with Gasteiger partial charge in [-0.1, -0.05) is 18.2 Å². The van der Waals surface area contributed by atoms with Gasteiger partial charge in [-0.3, -0.25) is 19.3 Å². The van der Waals surface area contributed by atoms with Gasteiger partial charge in [0.15, 0.2) is 0 Å². The Labute approximate surface area is 169 Å². The minimum Gasteiger partial charge on any atom is -0.472 e. The Hall–Kier alpha value is -3.22. The first-order valence-electron chi connectivity index (χ1n) is 9.86. The number of carbonyl (C=O) groups is 3. The molecule has 1 fully saturated rings. The standard InChI is InChI=1S/C22H23N3O4/c1-15-6-4-9-19(23-15)29-16-11-13-24(14-16)20(26)10-5-12-25-21(27)17-7-2-3-8-18(17)22(25)28/h2-4,6-9,16H,5,10-14H2,1H3. The van der Waals surface area contributed by atoms with Crippen molar-refractivity contribution >= 4 is 17.7 Å². The highest BCUT2D eigenvalue weighted by Crippen LogP contribution is 2.23. The van der Waals surface area contributed by atoms with Gasteiger partial charge in [0.1, 0.15) is 6.10 Å². The molecular formula is C22H23N3O4. The number of likely N-dealkylation sites (tertiary alicyclic amines) is 1. The summed E-state index contributed by atoms with van der Waals surface area (Å²) in [5.41, 5.74) is 1.77. The fourth-order valence-corrected chi connectivity index (χ4v) is 3.79. The molecule has 7 heteroatoms. The SMILES string of the molecule is Cc1cccc(OC2CCN(C(=O)CCCN3C(=O)c4ccccc4C3=O)C2)n1. The van der Waals surface area contributed by atoms with Crippen LogP contribution in [0.3, 0.4) is 0 Å². The summed E-state index contributed by atoms with van der Waals surface area (Å²) in [5.74, 6) is 0.0384. The number of nitrogens with zero attached hydrogens (tertiary/aromatic N) is 3. The van der Waals surface area contributed by atoms with Gasteiger partial charge in [0.2, 0.25) is 11.8 Å². The van der Waals surface area contributed by atoms with E-state index in [9.17, 15) is 14.4 Å². The van der Waals surface area contributed by atoms with E-state index in [0.717, 1.165) is 12.1 Å². The molecule has 0 bridgehead atoms. The van der Waals surface area contributed by atoms with Crippen molar-refractivity contribution in [2.75, 3.05) is 19.6 Å². The minimum absolute atomic E-state index is 0.0184. The van der Waals surface area contributed by atoms with Crippen LogP contribution in [0.4, 0.5) is 0 Å². The third-order valence-corrected chi connectivity index (χ3v) is 5.30. The van der Waals surface area contributed by atoms with Crippen molar-refractivity contribution in [1.29, 1.82) is 0 Å². The lowest BCUT2D eigenvalue weighted by Crippen LogP contribution is -2.33. The monoisotopic (exact) mass is 393 g/mol. The molecule has 1 aromatic heterocycles. The second-order valence-electron chi connectivity index (χ2n) is 7.40. The lowest BCUT2D eigenvalue weighted by molar-refractivity contribution is -0.130. The molecule has 1 atom stereocenters. The number of amides is 3. The quantitative estimate of drug-likeness (QED) is 0.705. The van der Waals surface area contributed by atoms with Crippen molar-refractivity contribution in [3.8, 4) is 5.88 Å². The molecule has 1 saturated heterocycles. The van der Waals surface area contributed by atoms with E-state index in [4.69, 9.17) is 4.74 Å². The highest BCUT2D eigenvalue weighted by atomic mass is 16.5. The van der Waals surface area contributed by atoms with Crippen LogP contribution >= 0.6 is 0 Å². The third-order valence-electron chi connectivity index (χ3n) is 5.30. The molecule has 2 aliphatic heterocycles. The highest BCUT2D eigenvalue weighted by Gasteiger charge is 2.35. The number of fused-ring (bicyclic) bond motifs is 1. The fraction of sp³-hybridized carbons (Fsp3) is 0.364. The van der Waals surface area contributed by atoms with E-state index in [0.29, 0.717) is 42.9 Å². The maximum absolute atomic E-state index is 12.5. The van der Waals surface area contributed by atoms with Gasteiger partial charge in [0.25, 0.3) is 11.8 Å². The Morgan fingerprint density at radius 1 is 1.10 bits per heavy atom. The van der Waals surface area contributed by atoms with Crippen LogP contribution in [0.25, 0.3) is 0 Å². The third kappa shape index (κ3) is 3.99. The normalized spacial score (nSPS) is 18.3. The van der Waals surface area contributed by atoms with E-state index >= 15 is 0 Å². The minimum atomic E-state index is -0.279. The molecule has 3 amide bonds. The first-order chi connectivity index (χ1) is 14.0. The molecule has 1 aromatic carbocycles. The lowest BCUT2D eigenvalue weighted by atomic mass is 10.1. The molecule has 0 N–H and O–H groups in total. The van der Waals surface area contributed by atoms with Crippen LogP contribution in [0.5, 0.6) is 5.88 Å². The van der Waals surface area contributed by atoms with Crippen molar-refractivity contribution < 1.29 is 19.1 Å². The Balaban J connectivity index is 1.25. The summed E-state index contributed by atoms with van der Waals surface area (Å²) >= 11 is 0. The average Bonchev–Trinajstić information content (AvgIpc) is 3.27. The first-order valence-corrected chi connectivity index (χ1v) is 9.86. The molecule has 1 unspecified atom stereocenters. The summed E-state index contributed by atoms with van der Waals surface area (Å²) < 4.78 is 5.88. The molecule has 2 aromatic rings. The number of aryl methyl sites for hydroxylation is 1. The van der Waals surface area contributed by atoms with Gasteiger partial charge in [0, 0.05) is 37.7 Å².